The highest BCUT2D eigenvalue weighted by Gasteiger charge is 2.20. The molecule has 5 heteroatoms. The van der Waals surface area contributed by atoms with Crippen molar-refractivity contribution in [2.75, 3.05) is 51.3 Å². The number of nitrogens with zero attached hydrogens (tertiary/aromatic N) is 2. The maximum atomic E-state index is 10.4. The maximum absolute atomic E-state index is 10.4. The summed E-state index contributed by atoms with van der Waals surface area (Å²) in [7, 11) is 1.68. The Morgan fingerprint density at radius 1 is 0.929 bits per heavy atom. The first-order chi connectivity index (χ1) is 13.5. The van der Waals surface area contributed by atoms with Crippen molar-refractivity contribution >= 4 is 5.69 Å². The summed E-state index contributed by atoms with van der Waals surface area (Å²) in [5, 5.41) is 10.4. The average molecular weight is 385 g/mol. The lowest BCUT2D eigenvalue weighted by atomic mass is 10.0. The van der Waals surface area contributed by atoms with Crippen LogP contribution in [0.4, 0.5) is 5.69 Å². The van der Waals surface area contributed by atoms with Gasteiger partial charge in [0, 0.05) is 38.4 Å². The standard InChI is InChI=1S/C23H32N2O3/c1-17-13-23(14-18(2)19(17)3)28-16-21(26)15-24-9-11-25(12-10-24)20-5-7-22(27-4)8-6-20/h5-8,13-14,21,26H,9-12,15-16H2,1-4H3. The van der Waals surface area contributed by atoms with Crippen molar-refractivity contribution in [2.24, 2.45) is 0 Å². The van der Waals surface area contributed by atoms with Gasteiger partial charge in [-0.25, -0.2) is 0 Å². The van der Waals surface area contributed by atoms with Gasteiger partial charge < -0.3 is 19.5 Å². The molecule has 0 aliphatic carbocycles. The van der Waals surface area contributed by atoms with Crippen LogP contribution in [0.3, 0.4) is 0 Å². The summed E-state index contributed by atoms with van der Waals surface area (Å²) in [5.74, 6) is 1.72. The smallest absolute Gasteiger partial charge is 0.119 e. The van der Waals surface area contributed by atoms with Gasteiger partial charge in [-0.3, -0.25) is 4.90 Å². The molecule has 2 aromatic rings. The van der Waals surface area contributed by atoms with E-state index in [4.69, 9.17) is 9.47 Å². The third kappa shape index (κ3) is 5.18. The van der Waals surface area contributed by atoms with Gasteiger partial charge in [-0.05, 0) is 73.9 Å². The molecule has 1 aliphatic heterocycles. The summed E-state index contributed by atoms with van der Waals surface area (Å²) in [5.41, 5.74) is 4.95. The zero-order valence-electron chi connectivity index (χ0n) is 17.4. The van der Waals surface area contributed by atoms with Crippen LogP contribution >= 0.6 is 0 Å². The van der Waals surface area contributed by atoms with E-state index in [-0.39, 0.29) is 0 Å². The highest BCUT2D eigenvalue weighted by molar-refractivity contribution is 5.49. The number of hydrogen-bond donors (Lipinski definition) is 1. The molecule has 152 valence electrons. The molecule has 2 aromatic carbocycles. The Bertz CT molecular complexity index is 745. The molecule has 1 atom stereocenters. The van der Waals surface area contributed by atoms with Crippen LogP contribution in [0, 0.1) is 20.8 Å². The predicted molar refractivity (Wildman–Crippen MR) is 114 cm³/mol. The van der Waals surface area contributed by atoms with Gasteiger partial charge in [0.15, 0.2) is 0 Å². The summed E-state index contributed by atoms with van der Waals surface area (Å²) in [6.07, 6.45) is -0.491. The Kier molecular flexibility index (Phi) is 6.81. The number of ether oxygens (including phenoxy) is 2. The third-order valence-electron chi connectivity index (χ3n) is 5.62. The highest BCUT2D eigenvalue weighted by Crippen LogP contribution is 2.22. The van der Waals surface area contributed by atoms with Gasteiger partial charge in [-0.15, -0.1) is 0 Å². The quantitative estimate of drug-likeness (QED) is 0.794. The van der Waals surface area contributed by atoms with Crippen molar-refractivity contribution in [2.45, 2.75) is 26.9 Å². The largest absolute Gasteiger partial charge is 0.497 e. The van der Waals surface area contributed by atoms with Crippen LogP contribution in [0.1, 0.15) is 16.7 Å². The molecule has 0 aromatic heterocycles. The Morgan fingerprint density at radius 2 is 1.54 bits per heavy atom. The average Bonchev–Trinajstić information content (AvgIpc) is 2.71. The molecule has 0 saturated carbocycles. The molecule has 0 spiro atoms. The molecule has 1 heterocycles. The summed E-state index contributed by atoms with van der Waals surface area (Å²) in [4.78, 5) is 4.68. The van der Waals surface area contributed by atoms with E-state index in [9.17, 15) is 5.11 Å². The topological polar surface area (TPSA) is 45.2 Å². The second-order valence-corrected chi connectivity index (χ2v) is 7.63. The number of methoxy groups -OCH3 is 1. The molecule has 0 radical (unpaired) electrons. The predicted octanol–water partition coefficient (Wildman–Crippen LogP) is 3.18. The summed E-state index contributed by atoms with van der Waals surface area (Å²) in [6, 6.07) is 12.3. The van der Waals surface area contributed by atoms with Gasteiger partial charge in [0.25, 0.3) is 0 Å². The molecule has 0 amide bonds. The fraction of sp³-hybridized carbons (Fsp3) is 0.478. The molecular formula is C23H32N2O3. The number of benzene rings is 2. The molecular weight excluding hydrogens is 352 g/mol. The first-order valence-corrected chi connectivity index (χ1v) is 9.96. The normalized spacial score (nSPS) is 16.1. The van der Waals surface area contributed by atoms with Crippen LogP contribution in [0.2, 0.25) is 0 Å². The van der Waals surface area contributed by atoms with Crippen molar-refractivity contribution in [1.29, 1.82) is 0 Å². The van der Waals surface area contributed by atoms with Gasteiger partial charge >= 0.3 is 0 Å². The van der Waals surface area contributed by atoms with Gasteiger partial charge in [-0.2, -0.15) is 0 Å². The van der Waals surface area contributed by atoms with Gasteiger partial charge in [0.2, 0.25) is 0 Å². The minimum absolute atomic E-state index is 0.320. The second kappa shape index (κ2) is 9.30. The summed E-state index contributed by atoms with van der Waals surface area (Å²) in [6.45, 7) is 11.0. The number of β-amino-alcohol motifs (C(OH)–C–C–N with tert-alkyl or cyclic N) is 1. The van der Waals surface area contributed by atoms with E-state index in [0.29, 0.717) is 13.2 Å². The van der Waals surface area contributed by atoms with Crippen molar-refractivity contribution in [3.05, 3.63) is 53.1 Å². The van der Waals surface area contributed by atoms with Crippen molar-refractivity contribution in [3.63, 3.8) is 0 Å². The fourth-order valence-electron chi connectivity index (χ4n) is 3.60. The van der Waals surface area contributed by atoms with E-state index in [1.54, 1.807) is 7.11 Å². The molecule has 1 fully saturated rings. The van der Waals surface area contributed by atoms with Crippen LogP contribution < -0.4 is 14.4 Å². The minimum atomic E-state index is -0.491. The Morgan fingerprint density at radius 3 is 2.11 bits per heavy atom. The number of aliphatic hydroxyl groups excluding tert-OH is 1. The Hall–Kier alpha value is -2.24. The number of aryl methyl sites for hydroxylation is 2. The molecule has 1 unspecified atom stereocenters. The Labute approximate surface area is 168 Å². The van der Waals surface area contributed by atoms with E-state index in [2.05, 4.69) is 42.7 Å². The monoisotopic (exact) mass is 384 g/mol. The fourth-order valence-corrected chi connectivity index (χ4v) is 3.60. The number of hydrogen-bond acceptors (Lipinski definition) is 5. The van der Waals surface area contributed by atoms with Crippen molar-refractivity contribution in [1.82, 2.24) is 4.90 Å². The number of piperazine rings is 1. The molecule has 1 N–H and O–H groups in total. The van der Waals surface area contributed by atoms with E-state index < -0.39 is 6.10 Å². The molecule has 1 saturated heterocycles. The molecule has 5 nitrogen and oxygen atoms in total. The van der Waals surface area contributed by atoms with Crippen LogP contribution in [0.15, 0.2) is 36.4 Å². The summed E-state index contributed by atoms with van der Waals surface area (Å²) < 4.78 is 11.1. The zero-order chi connectivity index (χ0) is 20.1. The van der Waals surface area contributed by atoms with E-state index in [0.717, 1.165) is 37.7 Å². The van der Waals surface area contributed by atoms with Crippen LogP contribution in [0.25, 0.3) is 0 Å². The third-order valence-corrected chi connectivity index (χ3v) is 5.62. The van der Waals surface area contributed by atoms with Gasteiger partial charge in [0.05, 0.1) is 7.11 Å². The van der Waals surface area contributed by atoms with E-state index >= 15 is 0 Å². The maximum Gasteiger partial charge on any atom is 0.119 e. The van der Waals surface area contributed by atoms with Crippen molar-refractivity contribution in [3.8, 4) is 11.5 Å². The molecule has 1 aliphatic rings. The zero-order valence-corrected chi connectivity index (χ0v) is 17.4. The van der Waals surface area contributed by atoms with E-state index in [1.165, 1.54) is 22.4 Å². The lowest BCUT2D eigenvalue weighted by Gasteiger charge is -2.36. The highest BCUT2D eigenvalue weighted by atomic mass is 16.5. The lowest BCUT2D eigenvalue weighted by molar-refractivity contribution is 0.0662. The van der Waals surface area contributed by atoms with Crippen LogP contribution in [-0.4, -0.2) is 62.6 Å². The first kappa shape index (κ1) is 20.5. The van der Waals surface area contributed by atoms with E-state index in [1.807, 2.05) is 24.3 Å². The molecule has 28 heavy (non-hydrogen) atoms. The lowest BCUT2D eigenvalue weighted by Crippen LogP contribution is -2.49. The Balaban J connectivity index is 1.44. The second-order valence-electron chi connectivity index (χ2n) is 7.63. The SMILES string of the molecule is COc1ccc(N2CCN(CC(O)COc3cc(C)c(C)c(C)c3)CC2)cc1. The van der Waals surface area contributed by atoms with Crippen molar-refractivity contribution < 1.29 is 14.6 Å². The summed E-state index contributed by atoms with van der Waals surface area (Å²) >= 11 is 0. The van der Waals surface area contributed by atoms with Crippen LogP contribution in [-0.2, 0) is 0 Å². The first-order valence-electron chi connectivity index (χ1n) is 9.96. The number of anilines is 1. The molecule has 0 bridgehead atoms. The number of rotatable bonds is 7. The molecule has 3 rings (SSSR count). The van der Waals surface area contributed by atoms with Gasteiger partial charge in [-0.1, -0.05) is 0 Å². The minimum Gasteiger partial charge on any atom is -0.497 e. The number of aliphatic hydroxyl groups is 1. The van der Waals surface area contributed by atoms with Crippen LogP contribution in [0.5, 0.6) is 11.5 Å². The van der Waals surface area contributed by atoms with Gasteiger partial charge in [0.1, 0.15) is 24.2 Å².